The van der Waals surface area contributed by atoms with Crippen LogP contribution < -0.4 is 5.73 Å². The minimum Gasteiger partial charge on any atom is -0.388 e. The van der Waals surface area contributed by atoms with Crippen molar-refractivity contribution in [3.05, 3.63) is 0 Å². The molecule has 0 aliphatic heterocycles. The molecule has 0 unspecified atom stereocenters. The summed E-state index contributed by atoms with van der Waals surface area (Å²) in [5.74, 6) is 0.178. The van der Waals surface area contributed by atoms with Gasteiger partial charge in [0.2, 0.25) is 10.0 Å². The van der Waals surface area contributed by atoms with Gasteiger partial charge in [0.05, 0.1) is 11.6 Å². The van der Waals surface area contributed by atoms with Gasteiger partial charge in [0.25, 0.3) is 0 Å². The van der Waals surface area contributed by atoms with Gasteiger partial charge in [-0.1, -0.05) is 27.7 Å². The number of sulfonamides is 1. The first-order valence-corrected chi connectivity index (χ1v) is 7.50. The van der Waals surface area contributed by atoms with E-state index in [1.807, 2.05) is 20.8 Å². The average molecular weight is 263 g/mol. The Kier molecular flexibility index (Phi) is 6.12. The molecule has 0 amide bonds. The molecule has 0 radical (unpaired) electrons. The molecule has 0 rings (SSSR count). The van der Waals surface area contributed by atoms with Crippen molar-refractivity contribution in [1.82, 2.24) is 4.31 Å². The first-order valence-electron chi connectivity index (χ1n) is 5.89. The normalized spacial score (nSPS) is 13.0. The summed E-state index contributed by atoms with van der Waals surface area (Å²) in [4.78, 5) is 0. The van der Waals surface area contributed by atoms with Crippen LogP contribution in [0.5, 0.6) is 0 Å². The van der Waals surface area contributed by atoms with Crippen LogP contribution in [0, 0.1) is 10.8 Å². The topological polar surface area (TPSA) is 87.2 Å². The number of nitrogens with one attached hydrogen (secondary N) is 1. The van der Waals surface area contributed by atoms with E-state index in [0.717, 1.165) is 0 Å². The number of nitrogens with zero attached hydrogens (tertiary/aromatic N) is 1. The maximum Gasteiger partial charge on any atom is 0.214 e. The summed E-state index contributed by atoms with van der Waals surface area (Å²) >= 11 is 0. The Balaban J connectivity index is 4.48. The van der Waals surface area contributed by atoms with Crippen molar-refractivity contribution in [1.29, 1.82) is 5.41 Å². The monoisotopic (exact) mass is 263 g/mol. The summed E-state index contributed by atoms with van der Waals surface area (Å²) in [5, 5.41) is 7.12. The van der Waals surface area contributed by atoms with Crippen molar-refractivity contribution in [2.24, 2.45) is 11.1 Å². The van der Waals surface area contributed by atoms with Gasteiger partial charge in [0, 0.05) is 19.5 Å². The molecule has 0 atom stereocenters. The van der Waals surface area contributed by atoms with E-state index in [4.69, 9.17) is 11.1 Å². The fourth-order valence-corrected chi connectivity index (χ4v) is 3.19. The van der Waals surface area contributed by atoms with Gasteiger partial charge in [0.15, 0.2) is 0 Å². The largest absolute Gasteiger partial charge is 0.388 e. The van der Waals surface area contributed by atoms with Gasteiger partial charge in [-0.05, 0) is 11.8 Å². The highest BCUT2D eigenvalue weighted by Crippen LogP contribution is 2.20. The van der Waals surface area contributed by atoms with Crippen molar-refractivity contribution in [2.45, 2.75) is 40.5 Å². The van der Waals surface area contributed by atoms with Crippen LogP contribution in [-0.4, -0.2) is 37.4 Å². The van der Waals surface area contributed by atoms with Gasteiger partial charge in [-0.3, -0.25) is 5.41 Å². The fraction of sp³-hybridized carbons (Fsp3) is 0.909. The van der Waals surface area contributed by atoms with E-state index in [9.17, 15) is 8.42 Å². The van der Waals surface area contributed by atoms with Gasteiger partial charge < -0.3 is 5.73 Å². The molecule has 0 aliphatic carbocycles. The van der Waals surface area contributed by atoms with Crippen molar-refractivity contribution in [3.63, 3.8) is 0 Å². The lowest BCUT2D eigenvalue weighted by molar-refractivity contribution is 0.384. The van der Waals surface area contributed by atoms with E-state index >= 15 is 0 Å². The maximum absolute atomic E-state index is 12.0. The van der Waals surface area contributed by atoms with E-state index in [1.54, 1.807) is 6.92 Å². The zero-order valence-corrected chi connectivity index (χ0v) is 12.1. The van der Waals surface area contributed by atoms with Crippen LogP contribution >= 0.6 is 0 Å². The molecule has 6 heteroatoms. The van der Waals surface area contributed by atoms with Crippen molar-refractivity contribution >= 4 is 15.9 Å². The molecule has 3 N–H and O–H groups in total. The lowest BCUT2D eigenvalue weighted by atomic mass is 9.94. The third kappa shape index (κ3) is 7.33. The molecule has 0 fully saturated rings. The molecular weight excluding hydrogens is 238 g/mol. The van der Waals surface area contributed by atoms with Gasteiger partial charge in [0.1, 0.15) is 0 Å². The predicted octanol–water partition coefficient (Wildman–Crippen LogP) is 1.40. The fourth-order valence-electron chi connectivity index (χ4n) is 1.30. The van der Waals surface area contributed by atoms with E-state index in [-0.39, 0.29) is 17.0 Å². The maximum atomic E-state index is 12.0. The molecule has 102 valence electrons. The van der Waals surface area contributed by atoms with E-state index in [2.05, 4.69) is 0 Å². The second kappa shape index (κ2) is 6.35. The number of hydrogen-bond donors (Lipinski definition) is 2. The highest BCUT2D eigenvalue weighted by Gasteiger charge is 2.23. The van der Waals surface area contributed by atoms with Gasteiger partial charge in [-0.2, -0.15) is 0 Å². The summed E-state index contributed by atoms with van der Waals surface area (Å²) in [6, 6.07) is 0. The smallest absolute Gasteiger partial charge is 0.214 e. The lowest BCUT2D eigenvalue weighted by Gasteiger charge is -2.23. The summed E-state index contributed by atoms with van der Waals surface area (Å²) in [6.07, 6.45) is 0.925. The van der Waals surface area contributed by atoms with Crippen LogP contribution in [-0.2, 0) is 10.0 Å². The average Bonchev–Trinajstić information content (AvgIpc) is 2.14. The Hall–Kier alpha value is -0.620. The highest BCUT2D eigenvalue weighted by atomic mass is 32.2. The van der Waals surface area contributed by atoms with E-state index in [1.165, 1.54) is 4.31 Å². The van der Waals surface area contributed by atoms with Crippen LogP contribution in [0.15, 0.2) is 0 Å². The summed E-state index contributed by atoms with van der Waals surface area (Å²) in [6.45, 7) is 8.60. The van der Waals surface area contributed by atoms with Crippen molar-refractivity contribution < 1.29 is 8.42 Å². The van der Waals surface area contributed by atoms with Gasteiger partial charge in [-0.15, -0.1) is 0 Å². The first-order chi connectivity index (χ1) is 7.58. The Labute approximate surface area is 105 Å². The van der Waals surface area contributed by atoms with Crippen LogP contribution in [0.3, 0.4) is 0 Å². The summed E-state index contributed by atoms with van der Waals surface area (Å²) < 4.78 is 25.5. The second-order valence-corrected chi connectivity index (χ2v) is 7.48. The molecule has 5 nitrogen and oxygen atoms in total. The molecule has 0 heterocycles. The summed E-state index contributed by atoms with van der Waals surface area (Å²) in [5.41, 5.74) is 5.25. The molecule has 0 bridgehead atoms. The predicted molar refractivity (Wildman–Crippen MR) is 71.6 cm³/mol. The zero-order valence-electron chi connectivity index (χ0n) is 11.3. The molecule has 0 aromatic rings. The Morgan fingerprint density at radius 3 is 2.24 bits per heavy atom. The zero-order chi connectivity index (χ0) is 13.7. The molecule has 0 spiro atoms. The van der Waals surface area contributed by atoms with Crippen LogP contribution in [0.4, 0.5) is 0 Å². The van der Waals surface area contributed by atoms with Crippen molar-refractivity contribution in [2.75, 3.05) is 18.8 Å². The number of hydrogen-bond acceptors (Lipinski definition) is 3. The van der Waals surface area contributed by atoms with Gasteiger partial charge in [-0.25, -0.2) is 12.7 Å². The quantitative estimate of drug-likeness (QED) is 0.537. The Bertz CT molecular complexity index is 344. The van der Waals surface area contributed by atoms with Crippen LogP contribution in [0.2, 0.25) is 0 Å². The molecule has 0 saturated heterocycles. The van der Waals surface area contributed by atoms with Crippen molar-refractivity contribution in [3.8, 4) is 0 Å². The molecule has 0 aliphatic rings. The third-order valence-electron chi connectivity index (χ3n) is 2.49. The Morgan fingerprint density at radius 1 is 1.35 bits per heavy atom. The van der Waals surface area contributed by atoms with Crippen LogP contribution in [0.1, 0.15) is 40.5 Å². The van der Waals surface area contributed by atoms with E-state index < -0.39 is 10.0 Å². The first kappa shape index (κ1) is 16.4. The molecular formula is C11H25N3O2S. The number of amidine groups is 1. The minimum atomic E-state index is -3.22. The molecule has 0 saturated carbocycles. The lowest BCUT2D eigenvalue weighted by Crippen LogP contribution is -2.36. The van der Waals surface area contributed by atoms with E-state index in [0.29, 0.717) is 25.9 Å². The third-order valence-corrected chi connectivity index (χ3v) is 4.43. The Morgan fingerprint density at radius 2 is 1.88 bits per heavy atom. The standard InChI is InChI=1S/C11H25N3O2S/c1-5-14(8-6-10(12)13)17(15,16)9-7-11(2,3)4/h5-9H2,1-4H3,(H3,12,13). The van der Waals surface area contributed by atoms with Crippen LogP contribution in [0.25, 0.3) is 0 Å². The second-order valence-electron chi connectivity index (χ2n) is 5.39. The SMILES string of the molecule is CCN(CCC(=N)N)S(=O)(=O)CCC(C)(C)C. The van der Waals surface area contributed by atoms with Gasteiger partial charge >= 0.3 is 0 Å². The minimum absolute atomic E-state index is 0.00700. The molecule has 0 aromatic heterocycles. The highest BCUT2D eigenvalue weighted by molar-refractivity contribution is 7.89. The molecule has 0 aromatic carbocycles. The number of rotatable bonds is 7. The summed E-state index contributed by atoms with van der Waals surface area (Å²) in [7, 11) is -3.22. The molecule has 17 heavy (non-hydrogen) atoms. The number of nitrogens with two attached hydrogens (primary N) is 1.